The summed E-state index contributed by atoms with van der Waals surface area (Å²) < 4.78 is 0. The first-order chi connectivity index (χ1) is 7.27. The lowest BCUT2D eigenvalue weighted by atomic mass is 10.3. The van der Waals surface area contributed by atoms with Gasteiger partial charge in [-0.3, -0.25) is 4.90 Å². The minimum atomic E-state index is 0. The van der Waals surface area contributed by atoms with Crippen LogP contribution in [-0.4, -0.2) is 43.2 Å². The number of aromatic nitrogens is 2. The lowest BCUT2D eigenvalue weighted by Crippen LogP contribution is -3.16. The van der Waals surface area contributed by atoms with Gasteiger partial charge in [0.1, 0.15) is 7.11 Å². The Bertz CT molecular complexity index is 378. The Morgan fingerprint density at radius 2 is 2.44 bits per heavy atom. The van der Waals surface area contributed by atoms with Crippen LogP contribution in [-0.2, 0) is 4.84 Å². The molecule has 0 radical (unpaired) electrons. The summed E-state index contributed by atoms with van der Waals surface area (Å²) in [5.41, 5.74) is 0.947. The quantitative estimate of drug-likeness (QED) is 0.428. The van der Waals surface area contributed by atoms with Crippen molar-refractivity contribution < 1.29 is 33.7 Å². The standard InChI is InChI=1S/C9H15N5O.HI/c1-4-14-6-13(2)8-7(10-5-11-8)9(14)12-15-3;/h5H,4,6H2,1-3H3,(H,10,11);1H/b12-9+;. The van der Waals surface area contributed by atoms with Crippen LogP contribution in [0.3, 0.4) is 0 Å². The van der Waals surface area contributed by atoms with Gasteiger partial charge in [0.2, 0.25) is 0 Å². The molecule has 1 atom stereocenters. The molecule has 2 heterocycles. The SMILES string of the molecule is CC[NH+]1CN(C)c2nc[nH]c2/C1=N\OC.[I-]. The molecule has 2 N–H and O–H groups in total. The largest absolute Gasteiger partial charge is 1.00 e. The number of quaternary nitrogens is 1. The molecule has 6 nitrogen and oxygen atoms in total. The third-order valence-electron chi connectivity index (χ3n) is 2.59. The van der Waals surface area contributed by atoms with Crippen LogP contribution in [0.2, 0.25) is 0 Å². The molecule has 1 aromatic rings. The van der Waals surface area contributed by atoms with Crippen molar-refractivity contribution in [2.24, 2.45) is 5.16 Å². The fourth-order valence-electron chi connectivity index (χ4n) is 1.84. The van der Waals surface area contributed by atoms with Crippen LogP contribution in [0.4, 0.5) is 5.82 Å². The number of fused-ring (bicyclic) bond motifs is 1. The van der Waals surface area contributed by atoms with E-state index in [9.17, 15) is 0 Å². The van der Waals surface area contributed by atoms with Gasteiger partial charge in [0.15, 0.2) is 18.2 Å². The van der Waals surface area contributed by atoms with E-state index >= 15 is 0 Å². The van der Waals surface area contributed by atoms with Gasteiger partial charge >= 0.3 is 0 Å². The molecule has 0 fully saturated rings. The summed E-state index contributed by atoms with van der Waals surface area (Å²) in [6.45, 7) is 3.94. The molecule has 0 amide bonds. The Labute approximate surface area is 112 Å². The predicted molar refractivity (Wildman–Crippen MR) is 56.9 cm³/mol. The Morgan fingerprint density at radius 3 is 3.06 bits per heavy atom. The maximum atomic E-state index is 4.88. The maximum Gasteiger partial charge on any atom is 0.289 e. The highest BCUT2D eigenvalue weighted by atomic mass is 127. The van der Waals surface area contributed by atoms with Crippen molar-refractivity contribution in [3.63, 3.8) is 0 Å². The smallest absolute Gasteiger partial charge is 0.289 e. The Kier molecular flexibility index (Phi) is 4.54. The fourth-order valence-corrected chi connectivity index (χ4v) is 1.84. The summed E-state index contributed by atoms with van der Waals surface area (Å²) in [6.07, 6.45) is 1.69. The molecule has 0 saturated carbocycles. The third kappa shape index (κ3) is 2.14. The number of aromatic amines is 1. The van der Waals surface area contributed by atoms with Crippen molar-refractivity contribution in [1.29, 1.82) is 0 Å². The van der Waals surface area contributed by atoms with Gasteiger partial charge in [0, 0.05) is 7.05 Å². The summed E-state index contributed by atoms with van der Waals surface area (Å²) in [5, 5.41) is 4.07. The van der Waals surface area contributed by atoms with E-state index in [0.717, 1.165) is 30.6 Å². The minimum absolute atomic E-state index is 0. The van der Waals surface area contributed by atoms with E-state index in [1.54, 1.807) is 13.4 Å². The molecule has 1 unspecified atom stereocenters. The monoisotopic (exact) mass is 337 g/mol. The Balaban J connectivity index is 0.00000128. The zero-order valence-electron chi connectivity index (χ0n) is 9.62. The number of nitrogens with zero attached hydrogens (tertiary/aromatic N) is 3. The lowest BCUT2D eigenvalue weighted by Gasteiger charge is -2.29. The van der Waals surface area contributed by atoms with E-state index in [1.807, 2.05) is 7.05 Å². The van der Waals surface area contributed by atoms with E-state index < -0.39 is 0 Å². The first kappa shape index (κ1) is 13.2. The number of anilines is 1. The lowest BCUT2D eigenvalue weighted by molar-refractivity contribution is -0.804. The molecule has 1 aromatic heterocycles. The number of halogens is 1. The zero-order valence-corrected chi connectivity index (χ0v) is 11.8. The van der Waals surface area contributed by atoms with E-state index in [2.05, 4.69) is 26.9 Å². The molecule has 1 aliphatic rings. The van der Waals surface area contributed by atoms with Crippen molar-refractivity contribution in [2.75, 3.05) is 32.3 Å². The second-order valence-corrected chi connectivity index (χ2v) is 3.54. The first-order valence-electron chi connectivity index (χ1n) is 4.99. The normalized spacial score (nSPS) is 21.6. The van der Waals surface area contributed by atoms with Crippen molar-refractivity contribution in [3.05, 3.63) is 12.0 Å². The molecule has 0 aromatic carbocycles. The number of hydrogen-bond donors (Lipinski definition) is 2. The van der Waals surface area contributed by atoms with Crippen molar-refractivity contribution in [1.82, 2.24) is 9.97 Å². The zero-order chi connectivity index (χ0) is 10.8. The van der Waals surface area contributed by atoms with Gasteiger partial charge in [-0.1, -0.05) is 0 Å². The first-order valence-corrected chi connectivity index (χ1v) is 4.99. The minimum Gasteiger partial charge on any atom is -1.00 e. The second-order valence-electron chi connectivity index (χ2n) is 3.54. The van der Waals surface area contributed by atoms with Crippen LogP contribution < -0.4 is 33.8 Å². The summed E-state index contributed by atoms with van der Waals surface area (Å²) >= 11 is 0. The number of amidine groups is 1. The van der Waals surface area contributed by atoms with Crippen LogP contribution in [0.5, 0.6) is 0 Å². The highest BCUT2D eigenvalue weighted by Crippen LogP contribution is 2.15. The number of hydrogen-bond acceptors (Lipinski definition) is 4. The summed E-state index contributed by atoms with van der Waals surface area (Å²) in [4.78, 5) is 15.6. The second kappa shape index (κ2) is 5.48. The predicted octanol–water partition coefficient (Wildman–Crippen LogP) is -3.97. The molecular formula is C9H16IN5O. The Hall–Kier alpha value is -0.830. The van der Waals surface area contributed by atoms with Crippen molar-refractivity contribution in [3.8, 4) is 0 Å². The summed E-state index contributed by atoms with van der Waals surface area (Å²) in [6, 6.07) is 0. The average molecular weight is 337 g/mol. The van der Waals surface area contributed by atoms with Gasteiger partial charge in [-0.15, -0.1) is 0 Å². The molecule has 0 saturated heterocycles. The number of rotatable bonds is 2. The van der Waals surface area contributed by atoms with Gasteiger partial charge < -0.3 is 38.7 Å². The van der Waals surface area contributed by atoms with Crippen LogP contribution >= 0.6 is 0 Å². The van der Waals surface area contributed by atoms with Gasteiger partial charge in [0.05, 0.1) is 12.9 Å². The highest BCUT2D eigenvalue weighted by molar-refractivity contribution is 5.95. The van der Waals surface area contributed by atoms with Crippen LogP contribution in [0.25, 0.3) is 0 Å². The van der Waals surface area contributed by atoms with Crippen molar-refractivity contribution >= 4 is 11.7 Å². The molecule has 16 heavy (non-hydrogen) atoms. The third-order valence-corrected chi connectivity index (χ3v) is 2.59. The summed E-state index contributed by atoms with van der Waals surface area (Å²) in [5.74, 6) is 1.83. The van der Waals surface area contributed by atoms with Gasteiger partial charge in [-0.25, -0.2) is 4.98 Å². The number of imidazole rings is 1. The van der Waals surface area contributed by atoms with Crippen LogP contribution in [0, 0.1) is 0 Å². The van der Waals surface area contributed by atoms with Crippen LogP contribution in [0.1, 0.15) is 12.6 Å². The van der Waals surface area contributed by atoms with Crippen LogP contribution in [0.15, 0.2) is 11.5 Å². The number of nitrogens with one attached hydrogen (secondary N) is 2. The average Bonchev–Trinajstić information content (AvgIpc) is 2.71. The topological polar surface area (TPSA) is 58.0 Å². The van der Waals surface area contributed by atoms with E-state index in [4.69, 9.17) is 4.84 Å². The molecule has 2 rings (SSSR count). The van der Waals surface area contributed by atoms with E-state index in [1.165, 1.54) is 4.90 Å². The molecule has 90 valence electrons. The fraction of sp³-hybridized carbons (Fsp3) is 0.556. The molecular weight excluding hydrogens is 321 g/mol. The Morgan fingerprint density at radius 1 is 1.69 bits per heavy atom. The van der Waals surface area contributed by atoms with Gasteiger partial charge in [0.25, 0.3) is 5.84 Å². The number of oxime groups is 1. The van der Waals surface area contributed by atoms with E-state index in [0.29, 0.717) is 0 Å². The maximum absolute atomic E-state index is 4.88. The molecule has 0 bridgehead atoms. The number of H-pyrrole nitrogens is 1. The van der Waals surface area contributed by atoms with E-state index in [-0.39, 0.29) is 24.0 Å². The van der Waals surface area contributed by atoms with Gasteiger partial charge in [-0.05, 0) is 12.1 Å². The highest BCUT2D eigenvalue weighted by Gasteiger charge is 2.32. The molecule has 7 heteroatoms. The van der Waals surface area contributed by atoms with Gasteiger partial charge in [-0.2, -0.15) is 0 Å². The molecule has 0 aliphatic carbocycles. The summed E-state index contributed by atoms with van der Waals surface area (Å²) in [7, 11) is 3.59. The molecule has 1 aliphatic heterocycles. The molecule has 0 spiro atoms. The van der Waals surface area contributed by atoms with Crippen molar-refractivity contribution in [2.45, 2.75) is 6.92 Å².